The molecule has 110 valence electrons. The molecule has 0 atom stereocenters. The molecule has 0 aliphatic rings. The maximum Gasteiger partial charge on any atom is 0.224 e. The molecule has 0 aromatic heterocycles. The Balaban J connectivity index is 1.92. The number of anilines is 1. The monoisotopic (exact) mass is 290 g/mol. The van der Waals surface area contributed by atoms with Gasteiger partial charge in [0, 0.05) is 24.8 Å². The third kappa shape index (κ3) is 4.02. The van der Waals surface area contributed by atoms with Crippen molar-refractivity contribution in [2.24, 2.45) is 0 Å². The number of nitrogens with one attached hydrogen (secondary N) is 2. The quantitative estimate of drug-likeness (QED) is 0.889. The SMILES string of the molecule is CNc1ccc(CNC(=O)Cc2c(F)cccc2F)cc1. The fraction of sp³-hybridized carbons (Fsp3) is 0.188. The zero-order valence-electron chi connectivity index (χ0n) is 11.6. The van der Waals surface area contributed by atoms with Gasteiger partial charge < -0.3 is 10.6 Å². The minimum absolute atomic E-state index is 0.208. The van der Waals surface area contributed by atoms with E-state index < -0.39 is 17.5 Å². The Morgan fingerprint density at radius 1 is 1.05 bits per heavy atom. The lowest BCUT2D eigenvalue weighted by molar-refractivity contribution is -0.120. The predicted octanol–water partition coefficient (Wildman–Crippen LogP) is 2.87. The molecular weight excluding hydrogens is 274 g/mol. The average Bonchev–Trinajstić information content (AvgIpc) is 2.49. The van der Waals surface area contributed by atoms with E-state index in [2.05, 4.69) is 10.6 Å². The van der Waals surface area contributed by atoms with E-state index in [0.29, 0.717) is 6.54 Å². The molecule has 0 radical (unpaired) electrons. The highest BCUT2D eigenvalue weighted by atomic mass is 19.1. The van der Waals surface area contributed by atoms with E-state index in [9.17, 15) is 13.6 Å². The van der Waals surface area contributed by atoms with Crippen molar-refractivity contribution in [2.45, 2.75) is 13.0 Å². The van der Waals surface area contributed by atoms with E-state index in [1.54, 1.807) is 0 Å². The van der Waals surface area contributed by atoms with Crippen LogP contribution in [0.25, 0.3) is 0 Å². The average molecular weight is 290 g/mol. The van der Waals surface area contributed by atoms with Crippen LogP contribution in [0.3, 0.4) is 0 Å². The summed E-state index contributed by atoms with van der Waals surface area (Å²) in [7, 11) is 1.82. The fourth-order valence-electron chi connectivity index (χ4n) is 1.91. The van der Waals surface area contributed by atoms with Gasteiger partial charge in [-0.3, -0.25) is 4.79 Å². The van der Waals surface area contributed by atoms with Gasteiger partial charge in [-0.15, -0.1) is 0 Å². The number of rotatable bonds is 5. The van der Waals surface area contributed by atoms with E-state index in [1.807, 2.05) is 31.3 Å². The molecule has 1 amide bonds. The molecule has 2 N–H and O–H groups in total. The molecule has 0 saturated carbocycles. The summed E-state index contributed by atoms with van der Waals surface area (Å²) in [6, 6.07) is 11.1. The van der Waals surface area contributed by atoms with E-state index in [1.165, 1.54) is 6.07 Å². The summed E-state index contributed by atoms with van der Waals surface area (Å²) in [4.78, 5) is 11.8. The Morgan fingerprint density at radius 2 is 1.67 bits per heavy atom. The van der Waals surface area contributed by atoms with Gasteiger partial charge in [0.2, 0.25) is 5.91 Å². The lowest BCUT2D eigenvalue weighted by Gasteiger charge is -2.08. The second-order valence-corrected chi connectivity index (χ2v) is 4.60. The molecule has 0 unspecified atom stereocenters. The van der Waals surface area contributed by atoms with Crippen molar-refractivity contribution in [3.05, 3.63) is 65.2 Å². The van der Waals surface area contributed by atoms with Crippen LogP contribution in [0.4, 0.5) is 14.5 Å². The Labute approximate surface area is 122 Å². The summed E-state index contributed by atoms with van der Waals surface area (Å²) in [6.07, 6.45) is -0.312. The number of benzene rings is 2. The van der Waals surface area contributed by atoms with Crippen LogP contribution in [0, 0.1) is 11.6 Å². The maximum absolute atomic E-state index is 13.4. The van der Waals surface area contributed by atoms with Gasteiger partial charge in [-0.05, 0) is 29.8 Å². The second-order valence-electron chi connectivity index (χ2n) is 4.60. The summed E-state index contributed by atoms with van der Waals surface area (Å²) < 4.78 is 26.9. The molecule has 2 aromatic rings. The topological polar surface area (TPSA) is 41.1 Å². The van der Waals surface area contributed by atoms with Gasteiger partial charge in [0.1, 0.15) is 11.6 Å². The van der Waals surface area contributed by atoms with Gasteiger partial charge in [-0.1, -0.05) is 18.2 Å². The third-order valence-corrected chi connectivity index (χ3v) is 3.13. The highest BCUT2D eigenvalue weighted by Crippen LogP contribution is 2.13. The molecule has 5 heteroatoms. The number of carbonyl (C=O) groups excluding carboxylic acids is 1. The number of hydrogen-bond acceptors (Lipinski definition) is 2. The fourth-order valence-corrected chi connectivity index (χ4v) is 1.91. The minimum atomic E-state index is -0.705. The van der Waals surface area contributed by atoms with Crippen LogP contribution in [0.5, 0.6) is 0 Å². The summed E-state index contributed by atoms with van der Waals surface area (Å²) >= 11 is 0. The molecule has 21 heavy (non-hydrogen) atoms. The largest absolute Gasteiger partial charge is 0.388 e. The van der Waals surface area contributed by atoms with Gasteiger partial charge in [0.25, 0.3) is 0 Å². The summed E-state index contributed by atoms with van der Waals surface area (Å²) in [6.45, 7) is 0.318. The molecule has 0 bridgehead atoms. The van der Waals surface area contributed by atoms with Crippen molar-refractivity contribution in [2.75, 3.05) is 12.4 Å². The van der Waals surface area contributed by atoms with Crippen LogP contribution < -0.4 is 10.6 Å². The van der Waals surface area contributed by atoms with Crippen molar-refractivity contribution < 1.29 is 13.6 Å². The van der Waals surface area contributed by atoms with Gasteiger partial charge in [-0.2, -0.15) is 0 Å². The first-order valence-electron chi connectivity index (χ1n) is 6.56. The van der Waals surface area contributed by atoms with Gasteiger partial charge in [0.15, 0.2) is 0 Å². The highest BCUT2D eigenvalue weighted by molar-refractivity contribution is 5.78. The minimum Gasteiger partial charge on any atom is -0.388 e. The normalized spacial score (nSPS) is 10.2. The summed E-state index contributed by atoms with van der Waals surface area (Å²) in [5, 5.41) is 5.64. The van der Waals surface area contributed by atoms with E-state index >= 15 is 0 Å². The number of halogens is 2. The Kier molecular flexibility index (Phi) is 4.87. The Bertz CT molecular complexity index is 606. The molecule has 0 saturated heterocycles. The van der Waals surface area contributed by atoms with Crippen LogP contribution >= 0.6 is 0 Å². The van der Waals surface area contributed by atoms with Crippen molar-refractivity contribution in [3.8, 4) is 0 Å². The summed E-state index contributed by atoms with van der Waals surface area (Å²) in [5.41, 5.74) is 1.68. The lowest BCUT2D eigenvalue weighted by Crippen LogP contribution is -2.25. The molecule has 0 aliphatic carbocycles. The molecule has 2 rings (SSSR count). The van der Waals surface area contributed by atoms with E-state index in [-0.39, 0.29) is 12.0 Å². The first-order valence-corrected chi connectivity index (χ1v) is 6.56. The summed E-state index contributed by atoms with van der Waals surface area (Å²) in [5.74, 6) is -1.83. The van der Waals surface area contributed by atoms with Gasteiger partial charge in [-0.25, -0.2) is 8.78 Å². The zero-order valence-corrected chi connectivity index (χ0v) is 11.6. The van der Waals surface area contributed by atoms with Crippen molar-refractivity contribution in [1.82, 2.24) is 5.32 Å². The molecule has 3 nitrogen and oxygen atoms in total. The van der Waals surface area contributed by atoms with Crippen molar-refractivity contribution >= 4 is 11.6 Å². The maximum atomic E-state index is 13.4. The smallest absolute Gasteiger partial charge is 0.224 e. The van der Waals surface area contributed by atoms with E-state index in [0.717, 1.165) is 23.4 Å². The molecule has 0 heterocycles. The van der Waals surface area contributed by atoms with Crippen LogP contribution in [-0.4, -0.2) is 13.0 Å². The predicted molar refractivity (Wildman–Crippen MR) is 77.9 cm³/mol. The van der Waals surface area contributed by atoms with Crippen LogP contribution in [0.15, 0.2) is 42.5 Å². The van der Waals surface area contributed by atoms with Crippen LogP contribution in [-0.2, 0) is 17.8 Å². The zero-order chi connectivity index (χ0) is 15.2. The number of carbonyl (C=O) groups is 1. The first kappa shape index (κ1) is 15.0. The number of hydrogen-bond donors (Lipinski definition) is 2. The number of amides is 1. The first-order chi connectivity index (χ1) is 10.1. The van der Waals surface area contributed by atoms with Gasteiger partial charge >= 0.3 is 0 Å². The van der Waals surface area contributed by atoms with Crippen molar-refractivity contribution in [1.29, 1.82) is 0 Å². The molecule has 0 aliphatic heterocycles. The van der Waals surface area contributed by atoms with E-state index in [4.69, 9.17) is 0 Å². The lowest BCUT2D eigenvalue weighted by atomic mass is 10.1. The molecular formula is C16H16F2N2O. The Hall–Kier alpha value is -2.43. The molecule has 0 spiro atoms. The second kappa shape index (κ2) is 6.83. The molecule has 0 fully saturated rings. The van der Waals surface area contributed by atoms with Crippen molar-refractivity contribution in [3.63, 3.8) is 0 Å². The van der Waals surface area contributed by atoms with Crippen LogP contribution in [0.1, 0.15) is 11.1 Å². The Morgan fingerprint density at radius 3 is 2.24 bits per heavy atom. The van der Waals surface area contributed by atoms with Crippen LogP contribution in [0.2, 0.25) is 0 Å². The standard InChI is InChI=1S/C16H16F2N2O/c1-19-12-7-5-11(6-8-12)10-20-16(21)9-13-14(17)3-2-4-15(13)18/h2-8,19H,9-10H2,1H3,(H,20,21). The highest BCUT2D eigenvalue weighted by Gasteiger charge is 2.12. The third-order valence-electron chi connectivity index (χ3n) is 3.13. The molecule has 2 aromatic carbocycles. The van der Waals surface area contributed by atoms with Gasteiger partial charge in [0.05, 0.1) is 6.42 Å².